The topological polar surface area (TPSA) is 58.2 Å². The second kappa shape index (κ2) is 6.29. The van der Waals surface area contributed by atoms with Crippen molar-refractivity contribution < 1.29 is 14.0 Å². The van der Waals surface area contributed by atoms with Crippen LogP contribution < -0.4 is 10.6 Å². The maximum Gasteiger partial charge on any atom is 0.261 e. The number of carbonyl (C=O) groups is 2. The van der Waals surface area contributed by atoms with E-state index in [-0.39, 0.29) is 17.6 Å². The van der Waals surface area contributed by atoms with Crippen molar-refractivity contribution in [2.24, 2.45) is 0 Å². The number of nitrogens with one attached hydrogen (secondary N) is 2. The summed E-state index contributed by atoms with van der Waals surface area (Å²) in [4.78, 5) is 24.2. The van der Waals surface area contributed by atoms with Crippen molar-refractivity contribution in [2.75, 3.05) is 5.32 Å². The Balaban J connectivity index is 1.92. The van der Waals surface area contributed by atoms with Crippen LogP contribution in [0.3, 0.4) is 0 Å². The van der Waals surface area contributed by atoms with Crippen LogP contribution in [0.1, 0.15) is 16.6 Å². The van der Waals surface area contributed by atoms with E-state index in [2.05, 4.69) is 10.6 Å². The Hall–Kier alpha value is -2.21. The van der Waals surface area contributed by atoms with Gasteiger partial charge in [-0.1, -0.05) is 6.07 Å². The molecule has 0 aliphatic rings. The van der Waals surface area contributed by atoms with Crippen molar-refractivity contribution >= 4 is 28.8 Å². The molecule has 1 unspecified atom stereocenters. The molecule has 0 aliphatic carbocycles. The summed E-state index contributed by atoms with van der Waals surface area (Å²) in [6, 6.07) is 8.19. The molecule has 0 fully saturated rings. The number of benzene rings is 1. The fourth-order valence-corrected chi connectivity index (χ4v) is 2.15. The van der Waals surface area contributed by atoms with Gasteiger partial charge in [-0.25, -0.2) is 4.39 Å². The van der Waals surface area contributed by atoms with E-state index in [9.17, 15) is 14.0 Å². The average molecular weight is 292 g/mol. The zero-order valence-electron chi connectivity index (χ0n) is 10.7. The molecular formula is C14H13FN2O2S. The van der Waals surface area contributed by atoms with Gasteiger partial charge in [-0.2, -0.15) is 0 Å². The monoisotopic (exact) mass is 292 g/mol. The van der Waals surface area contributed by atoms with Crippen LogP contribution in [0.25, 0.3) is 0 Å². The molecule has 1 aromatic carbocycles. The molecule has 0 bridgehead atoms. The number of rotatable bonds is 4. The second-order valence-corrected chi connectivity index (χ2v) is 5.12. The number of anilines is 1. The van der Waals surface area contributed by atoms with Gasteiger partial charge in [0, 0.05) is 5.69 Å². The van der Waals surface area contributed by atoms with Crippen LogP contribution >= 0.6 is 11.3 Å². The maximum absolute atomic E-state index is 12.7. The third-order valence-corrected chi connectivity index (χ3v) is 3.47. The maximum atomic E-state index is 12.7. The molecule has 0 aliphatic heterocycles. The Bertz CT molecular complexity index is 596. The van der Waals surface area contributed by atoms with Gasteiger partial charge < -0.3 is 10.6 Å². The normalized spacial score (nSPS) is 11.7. The van der Waals surface area contributed by atoms with Crippen LogP contribution in [0.15, 0.2) is 41.8 Å². The number of thiophene rings is 1. The zero-order valence-corrected chi connectivity index (χ0v) is 11.5. The number of hydrogen-bond acceptors (Lipinski definition) is 3. The van der Waals surface area contributed by atoms with Gasteiger partial charge in [0.25, 0.3) is 5.91 Å². The summed E-state index contributed by atoms with van der Waals surface area (Å²) in [6.07, 6.45) is 0. The van der Waals surface area contributed by atoms with E-state index in [1.54, 1.807) is 24.4 Å². The molecule has 4 nitrogen and oxygen atoms in total. The van der Waals surface area contributed by atoms with E-state index >= 15 is 0 Å². The van der Waals surface area contributed by atoms with Crippen molar-refractivity contribution in [3.63, 3.8) is 0 Å². The molecule has 104 valence electrons. The lowest BCUT2D eigenvalue weighted by Crippen LogP contribution is -2.41. The summed E-state index contributed by atoms with van der Waals surface area (Å²) in [5.74, 6) is -1.02. The molecule has 2 N–H and O–H groups in total. The highest BCUT2D eigenvalue weighted by molar-refractivity contribution is 7.12. The lowest BCUT2D eigenvalue weighted by Gasteiger charge is -2.13. The molecule has 0 saturated carbocycles. The Morgan fingerprint density at radius 1 is 1.20 bits per heavy atom. The summed E-state index contributed by atoms with van der Waals surface area (Å²) in [5, 5.41) is 6.99. The molecule has 1 heterocycles. The molecule has 6 heteroatoms. The van der Waals surface area contributed by atoms with Crippen molar-refractivity contribution in [1.82, 2.24) is 5.32 Å². The van der Waals surface area contributed by atoms with E-state index in [4.69, 9.17) is 0 Å². The van der Waals surface area contributed by atoms with Gasteiger partial charge in [0.1, 0.15) is 11.9 Å². The van der Waals surface area contributed by atoms with Crippen LogP contribution in [0.2, 0.25) is 0 Å². The van der Waals surface area contributed by atoms with Crippen LogP contribution in [0.5, 0.6) is 0 Å². The van der Waals surface area contributed by atoms with Crippen molar-refractivity contribution in [1.29, 1.82) is 0 Å². The summed E-state index contributed by atoms with van der Waals surface area (Å²) >= 11 is 1.30. The number of carbonyl (C=O) groups excluding carboxylic acids is 2. The van der Waals surface area contributed by atoms with E-state index in [0.717, 1.165) is 0 Å². The Morgan fingerprint density at radius 2 is 1.90 bits per heavy atom. The minimum atomic E-state index is -0.686. The minimum absolute atomic E-state index is 0.290. The lowest BCUT2D eigenvalue weighted by atomic mass is 10.2. The quantitative estimate of drug-likeness (QED) is 0.910. The molecular weight excluding hydrogens is 279 g/mol. The van der Waals surface area contributed by atoms with E-state index in [1.807, 2.05) is 0 Å². The highest BCUT2D eigenvalue weighted by Gasteiger charge is 2.17. The third kappa shape index (κ3) is 3.64. The third-order valence-electron chi connectivity index (χ3n) is 2.60. The second-order valence-electron chi connectivity index (χ2n) is 4.17. The van der Waals surface area contributed by atoms with Crippen LogP contribution in [-0.4, -0.2) is 17.9 Å². The standard InChI is InChI=1S/C14H13FN2O2S/c1-9(16-14(19)12-3-2-8-20-12)13(18)17-11-6-4-10(15)5-7-11/h2-9H,1H3,(H,16,19)(H,17,18). The largest absolute Gasteiger partial charge is 0.340 e. The van der Waals surface area contributed by atoms with Crippen LogP contribution in [0.4, 0.5) is 10.1 Å². The molecule has 2 aromatic rings. The summed E-state index contributed by atoms with van der Waals surface area (Å²) < 4.78 is 12.7. The average Bonchev–Trinajstić information content (AvgIpc) is 2.95. The predicted molar refractivity (Wildman–Crippen MR) is 76.3 cm³/mol. The molecule has 0 radical (unpaired) electrons. The number of hydrogen-bond donors (Lipinski definition) is 2. The lowest BCUT2D eigenvalue weighted by molar-refractivity contribution is -0.117. The van der Waals surface area contributed by atoms with Gasteiger partial charge in [-0.05, 0) is 42.6 Å². The van der Waals surface area contributed by atoms with E-state index in [0.29, 0.717) is 10.6 Å². The smallest absolute Gasteiger partial charge is 0.261 e. The van der Waals surface area contributed by atoms with Gasteiger partial charge in [-0.3, -0.25) is 9.59 Å². The van der Waals surface area contributed by atoms with E-state index < -0.39 is 6.04 Å². The molecule has 0 saturated heterocycles. The van der Waals surface area contributed by atoms with E-state index in [1.165, 1.54) is 35.6 Å². The summed E-state index contributed by atoms with van der Waals surface area (Å²) in [7, 11) is 0. The zero-order chi connectivity index (χ0) is 14.5. The SMILES string of the molecule is CC(NC(=O)c1cccs1)C(=O)Nc1ccc(F)cc1. The van der Waals surface area contributed by atoms with Crippen molar-refractivity contribution in [3.8, 4) is 0 Å². The molecule has 2 amide bonds. The number of halogens is 1. The van der Waals surface area contributed by atoms with Crippen molar-refractivity contribution in [3.05, 3.63) is 52.5 Å². The van der Waals surface area contributed by atoms with Gasteiger partial charge in [0.05, 0.1) is 4.88 Å². The summed E-state index contributed by atoms with van der Waals surface area (Å²) in [6.45, 7) is 1.59. The molecule has 1 aromatic heterocycles. The highest BCUT2D eigenvalue weighted by Crippen LogP contribution is 2.10. The van der Waals surface area contributed by atoms with Gasteiger partial charge in [-0.15, -0.1) is 11.3 Å². The molecule has 20 heavy (non-hydrogen) atoms. The molecule has 2 rings (SSSR count). The van der Waals surface area contributed by atoms with Gasteiger partial charge in [0.15, 0.2) is 0 Å². The van der Waals surface area contributed by atoms with Crippen LogP contribution in [-0.2, 0) is 4.79 Å². The Morgan fingerprint density at radius 3 is 2.50 bits per heavy atom. The first-order valence-corrected chi connectivity index (χ1v) is 6.85. The molecule has 0 spiro atoms. The first kappa shape index (κ1) is 14.2. The van der Waals surface area contributed by atoms with Crippen LogP contribution in [0, 0.1) is 5.82 Å². The number of amides is 2. The highest BCUT2D eigenvalue weighted by atomic mass is 32.1. The Labute approximate surface area is 119 Å². The van der Waals surface area contributed by atoms with Crippen molar-refractivity contribution in [2.45, 2.75) is 13.0 Å². The van der Waals surface area contributed by atoms with Gasteiger partial charge in [0.2, 0.25) is 5.91 Å². The summed E-state index contributed by atoms with van der Waals surface area (Å²) in [5.41, 5.74) is 0.480. The predicted octanol–water partition coefficient (Wildman–Crippen LogP) is 2.64. The fourth-order valence-electron chi connectivity index (χ4n) is 1.52. The first-order valence-electron chi connectivity index (χ1n) is 5.97. The Kier molecular flexibility index (Phi) is 4.47. The minimum Gasteiger partial charge on any atom is -0.340 e. The molecule has 1 atom stereocenters. The first-order chi connectivity index (χ1) is 9.56. The fraction of sp³-hybridized carbons (Fsp3) is 0.143. The van der Waals surface area contributed by atoms with Gasteiger partial charge >= 0.3 is 0 Å².